The maximum absolute atomic E-state index is 14.0. The van der Waals surface area contributed by atoms with Gasteiger partial charge < -0.3 is 0 Å². The van der Waals surface area contributed by atoms with Crippen LogP contribution in [0.2, 0.25) is 0 Å². The van der Waals surface area contributed by atoms with Gasteiger partial charge in [0.25, 0.3) is 5.91 Å². The Morgan fingerprint density at radius 1 is 0.722 bits per heavy atom. The second-order valence-corrected chi connectivity index (χ2v) is 10.5. The lowest BCUT2D eigenvalue weighted by Crippen LogP contribution is -2.37. The van der Waals surface area contributed by atoms with Crippen LogP contribution >= 0.6 is 0 Å². The van der Waals surface area contributed by atoms with Gasteiger partial charge in [-0.05, 0) is 40.1 Å². The normalized spacial score (nSPS) is 21.9. The van der Waals surface area contributed by atoms with Crippen LogP contribution in [-0.2, 0) is 19.8 Å². The summed E-state index contributed by atoms with van der Waals surface area (Å²) in [5, 5.41) is 3.60. The molecule has 6 rings (SSSR count). The summed E-state index contributed by atoms with van der Waals surface area (Å²) in [5.41, 5.74) is 3.58. The van der Waals surface area contributed by atoms with Gasteiger partial charge >= 0.3 is 0 Å². The van der Waals surface area contributed by atoms with E-state index in [-0.39, 0.29) is 17.2 Å². The molecule has 36 heavy (non-hydrogen) atoms. The minimum Gasteiger partial charge on any atom is -0.273 e. The van der Waals surface area contributed by atoms with E-state index in [1.54, 1.807) is 5.06 Å². The SMILES string of the molecule is CC(C)(C)c1ccc([C@@H]2[C@H]3C(=O)N(c4cccc5ccccc45)C(=O)[C@@H]3ON2c2ccccc2)cc1. The molecule has 0 spiro atoms. The maximum atomic E-state index is 14.0. The van der Waals surface area contributed by atoms with E-state index < -0.39 is 18.1 Å². The fraction of sp³-hybridized carbons (Fsp3) is 0.226. The molecule has 5 nitrogen and oxygen atoms in total. The first-order chi connectivity index (χ1) is 17.3. The number of fused-ring (bicyclic) bond motifs is 2. The van der Waals surface area contributed by atoms with Crippen molar-refractivity contribution in [2.75, 3.05) is 9.96 Å². The van der Waals surface area contributed by atoms with Crippen LogP contribution in [0.4, 0.5) is 11.4 Å². The van der Waals surface area contributed by atoms with E-state index in [4.69, 9.17) is 4.84 Å². The summed E-state index contributed by atoms with van der Waals surface area (Å²) < 4.78 is 0. The van der Waals surface area contributed by atoms with Crippen molar-refractivity contribution in [1.82, 2.24) is 0 Å². The molecule has 0 saturated carbocycles. The lowest BCUT2D eigenvalue weighted by molar-refractivity contribution is -0.126. The van der Waals surface area contributed by atoms with E-state index in [2.05, 4.69) is 45.0 Å². The molecule has 2 heterocycles. The van der Waals surface area contributed by atoms with E-state index in [1.165, 1.54) is 10.5 Å². The lowest BCUT2D eigenvalue weighted by Gasteiger charge is -2.29. The number of hydroxylamine groups is 1. The highest BCUT2D eigenvalue weighted by molar-refractivity contribution is 6.26. The van der Waals surface area contributed by atoms with Gasteiger partial charge in [0.1, 0.15) is 5.92 Å². The van der Waals surface area contributed by atoms with Gasteiger partial charge in [-0.15, -0.1) is 0 Å². The summed E-state index contributed by atoms with van der Waals surface area (Å²) in [6, 6.07) is 31.1. The Morgan fingerprint density at radius 3 is 2.11 bits per heavy atom. The van der Waals surface area contributed by atoms with Crippen molar-refractivity contribution in [3.63, 3.8) is 0 Å². The predicted molar refractivity (Wildman–Crippen MR) is 142 cm³/mol. The van der Waals surface area contributed by atoms with Crippen LogP contribution in [-0.4, -0.2) is 17.9 Å². The van der Waals surface area contributed by atoms with Gasteiger partial charge in [-0.25, -0.2) is 9.96 Å². The van der Waals surface area contributed by atoms with E-state index >= 15 is 0 Å². The fourth-order valence-electron chi connectivity index (χ4n) is 5.37. The predicted octanol–water partition coefficient (Wildman–Crippen LogP) is 6.19. The maximum Gasteiger partial charge on any atom is 0.266 e. The molecule has 0 aliphatic carbocycles. The van der Waals surface area contributed by atoms with E-state index in [0.717, 1.165) is 22.0 Å². The molecule has 2 aliphatic heterocycles. The average molecular weight is 477 g/mol. The first kappa shape index (κ1) is 22.5. The average Bonchev–Trinajstić information content (AvgIpc) is 3.39. The van der Waals surface area contributed by atoms with Crippen molar-refractivity contribution in [2.45, 2.75) is 38.3 Å². The molecule has 5 heteroatoms. The Kier molecular flexibility index (Phi) is 5.20. The van der Waals surface area contributed by atoms with Crippen LogP contribution < -0.4 is 9.96 Å². The number of rotatable bonds is 3. The molecule has 0 unspecified atom stereocenters. The standard InChI is InChI=1S/C31H28N2O3/c1-31(2,3)22-18-16-21(17-19-22)27-26-28(36-33(27)23-12-5-4-6-13-23)30(35)32(29(26)34)25-15-9-11-20-10-7-8-14-24(20)25/h4-19,26-28H,1-3H3/t26-,27-,28-/m1/s1. The molecule has 2 fully saturated rings. The fourth-order valence-corrected chi connectivity index (χ4v) is 5.37. The third-order valence-corrected chi connectivity index (χ3v) is 7.25. The van der Waals surface area contributed by atoms with Gasteiger partial charge in [0.2, 0.25) is 5.91 Å². The van der Waals surface area contributed by atoms with Gasteiger partial charge in [0.05, 0.1) is 17.4 Å². The Balaban J connectivity index is 1.45. The molecule has 0 N–H and O–H groups in total. The van der Waals surface area contributed by atoms with Gasteiger partial charge in [-0.1, -0.05) is 99.6 Å². The van der Waals surface area contributed by atoms with E-state index in [9.17, 15) is 9.59 Å². The summed E-state index contributed by atoms with van der Waals surface area (Å²) in [6.45, 7) is 6.52. The van der Waals surface area contributed by atoms with Gasteiger partial charge in [0.15, 0.2) is 6.10 Å². The van der Waals surface area contributed by atoms with Crippen molar-refractivity contribution in [2.24, 2.45) is 5.92 Å². The number of hydrogen-bond acceptors (Lipinski definition) is 4. The number of para-hydroxylation sites is 1. The summed E-state index contributed by atoms with van der Waals surface area (Å²) in [5.74, 6) is -1.21. The Bertz CT molecular complexity index is 1450. The number of hydrogen-bond donors (Lipinski definition) is 0. The Morgan fingerprint density at radius 2 is 1.39 bits per heavy atom. The summed E-state index contributed by atoms with van der Waals surface area (Å²) in [7, 11) is 0. The molecule has 3 atom stereocenters. The van der Waals surface area contributed by atoms with Crippen molar-refractivity contribution in [3.05, 3.63) is 108 Å². The molecular weight excluding hydrogens is 448 g/mol. The lowest BCUT2D eigenvalue weighted by atomic mass is 9.84. The Labute approximate surface area is 210 Å². The number of carbonyl (C=O) groups excluding carboxylic acids is 2. The second kappa shape index (κ2) is 8.32. The molecule has 2 saturated heterocycles. The first-order valence-corrected chi connectivity index (χ1v) is 12.3. The van der Waals surface area contributed by atoms with Crippen molar-refractivity contribution in [3.8, 4) is 0 Å². The first-order valence-electron chi connectivity index (χ1n) is 12.3. The summed E-state index contributed by atoms with van der Waals surface area (Å²) in [6.07, 6.45) is -0.885. The van der Waals surface area contributed by atoms with Crippen LogP contribution in [0.1, 0.15) is 37.9 Å². The number of carbonyl (C=O) groups is 2. The van der Waals surface area contributed by atoms with Crippen molar-refractivity contribution < 1.29 is 14.4 Å². The highest BCUT2D eigenvalue weighted by Gasteiger charge is 2.60. The van der Waals surface area contributed by atoms with Crippen molar-refractivity contribution in [1.29, 1.82) is 0 Å². The van der Waals surface area contributed by atoms with Crippen LogP contribution in [0.3, 0.4) is 0 Å². The monoisotopic (exact) mass is 476 g/mol. The largest absolute Gasteiger partial charge is 0.273 e. The molecule has 2 amide bonds. The number of anilines is 2. The minimum atomic E-state index is -0.885. The van der Waals surface area contributed by atoms with E-state index in [0.29, 0.717) is 5.69 Å². The number of benzene rings is 4. The highest BCUT2D eigenvalue weighted by atomic mass is 16.7. The zero-order valence-corrected chi connectivity index (χ0v) is 20.6. The minimum absolute atomic E-state index is 0.0106. The molecule has 2 aliphatic rings. The van der Waals surface area contributed by atoms with Crippen LogP contribution in [0.25, 0.3) is 10.8 Å². The quantitative estimate of drug-likeness (QED) is 0.331. The summed E-state index contributed by atoms with van der Waals surface area (Å²) >= 11 is 0. The highest BCUT2D eigenvalue weighted by Crippen LogP contribution is 2.48. The van der Waals surface area contributed by atoms with Gasteiger partial charge in [-0.3, -0.25) is 14.4 Å². The third kappa shape index (κ3) is 3.50. The molecule has 4 aromatic carbocycles. The Hall–Kier alpha value is -3.96. The van der Waals surface area contributed by atoms with Crippen LogP contribution in [0, 0.1) is 5.92 Å². The van der Waals surface area contributed by atoms with Crippen molar-refractivity contribution >= 4 is 34.0 Å². The number of nitrogens with zero attached hydrogens (tertiary/aromatic N) is 2. The van der Waals surface area contributed by atoms with Crippen LogP contribution in [0.15, 0.2) is 97.1 Å². The smallest absolute Gasteiger partial charge is 0.266 e. The topological polar surface area (TPSA) is 49.9 Å². The number of amides is 2. The van der Waals surface area contributed by atoms with Crippen LogP contribution in [0.5, 0.6) is 0 Å². The molecule has 0 radical (unpaired) electrons. The molecule has 180 valence electrons. The third-order valence-electron chi connectivity index (χ3n) is 7.25. The zero-order valence-electron chi connectivity index (χ0n) is 20.6. The number of imide groups is 1. The molecule has 4 aromatic rings. The molecular formula is C31H28N2O3. The van der Waals surface area contributed by atoms with Gasteiger partial charge in [0, 0.05) is 5.39 Å². The summed E-state index contributed by atoms with van der Waals surface area (Å²) in [4.78, 5) is 35.4. The van der Waals surface area contributed by atoms with E-state index in [1.807, 2.05) is 72.8 Å². The zero-order chi connectivity index (χ0) is 25.0. The second-order valence-electron chi connectivity index (χ2n) is 10.5. The van der Waals surface area contributed by atoms with Gasteiger partial charge in [-0.2, -0.15) is 0 Å². The molecule has 0 aromatic heterocycles. The molecule has 0 bridgehead atoms.